The lowest BCUT2D eigenvalue weighted by Gasteiger charge is -2.40. The Morgan fingerprint density at radius 2 is 1.90 bits per heavy atom. The summed E-state index contributed by atoms with van der Waals surface area (Å²) in [5.74, 6) is -0.00647. The first-order chi connectivity index (χ1) is 9.74. The van der Waals surface area contributed by atoms with Crippen LogP contribution in [0.1, 0.15) is 32.1 Å². The molecule has 1 N–H and O–H groups in total. The van der Waals surface area contributed by atoms with Crippen LogP contribution in [0.25, 0.3) is 0 Å². The first-order valence-corrected chi connectivity index (χ1v) is 7.67. The van der Waals surface area contributed by atoms with E-state index in [4.69, 9.17) is 0 Å². The van der Waals surface area contributed by atoms with Gasteiger partial charge in [0.1, 0.15) is 11.6 Å². The number of hydrogen-bond acceptors (Lipinski definition) is 2. The Balaban J connectivity index is 1.72. The van der Waals surface area contributed by atoms with E-state index in [1.165, 1.54) is 50.3 Å². The summed E-state index contributed by atoms with van der Waals surface area (Å²) >= 11 is 0. The molecule has 0 radical (unpaired) electrons. The lowest BCUT2D eigenvalue weighted by molar-refractivity contribution is 0.256. The van der Waals surface area contributed by atoms with E-state index in [-0.39, 0.29) is 11.6 Å². The van der Waals surface area contributed by atoms with Gasteiger partial charge >= 0.3 is 0 Å². The highest BCUT2D eigenvalue weighted by atomic mass is 19.1. The maximum absolute atomic E-state index is 13.9. The Labute approximate surface area is 119 Å². The predicted octanol–water partition coefficient (Wildman–Crippen LogP) is 3.32. The van der Waals surface area contributed by atoms with E-state index in [9.17, 15) is 8.78 Å². The summed E-state index contributed by atoms with van der Waals surface area (Å²) in [5.41, 5.74) is 0.410. The molecule has 3 rings (SSSR count). The fraction of sp³-hybridized carbons (Fsp3) is 0.625. The van der Waals surface area contributed by atoms with Crippen molar-refractivity contribution in [2.75, 3.05) is 24.5 Å². The van der Waals surface area contributed by atoms with Crippen LogP contribution in [0.15, 0.2) is 18.2 Å². The largest absolute Gasteiger partial charge is 0.366 e. The summed E-state index contributed by atoms with van der Waals surface area (Å²) < 4.78 is 27.2. The van der Waals surface area contributed by atoms with E-state index in [1.807, 2.05) is 4.90 Å². The Kier molecular flexibility index (Phi) is 4.20. The van der Waals surface area contributed by atoms with Gasteiger partial charge in [0.25, 0.3) is 0 Å². The number of rotatable bonds is 2. The van der Waals surface area contributed by atoms with E-state index in [0.717, 1.165) is 19.6 Å². The van der Waals surface area contributed by atoms with Crippen LogP contribution < -0.4 is 10.2 Å². The van der Waals surface area contributed by atoms with Gasteiger partial charge in [0, 0.05) is 31.7 Å². The Hall–Kier alpha value is -1.16. The molecule has 1 aromatic carbocycles. The van der Waals surface area contributed by atoms with Crippen LogP contribution in [0.2, 0.25) is 0 Å². The smallest absolute Gasteiger partial charge is 0.146 e. The van der Waals surface area contributed by atoms with Crippen molar-refractivity contribution in [2.45, 2.75) is 38.1 Å². The molecule has 0 amide bonds. The summed E-state index contributed by atoms with van der Waals surface area (Å²) in [5, 5.41) is 3.56. The third kappa shape index (κ3) is 2.95. The summed E-state index contributed by atoms with van der Waals surface area (Å²) in [4.78, 5) is 1.99. The molecule has 1 unspecified atom stereocenters. The van der Waals surface area contributed by atoms with Gasteiger partial charge in [0.15, 0.2) is 0 Å². The third-order valence-electron chi connectivity index (χ3n) is 4.67. The molecule has 0 aromatic heterocycles. The molecule has 2 aliphatic rings. The molecule has 110 valence electrons. The average molecular weight is 280 g/mol. The fourth-order valence-corrected chi connectivity index (χ4v) is 3.58. The van der Waals surface area contributed by atoms with Gasteiger partial charge in [0.2, 0.25) is 0 Å². The fourth-order valence-electron chi connectivity index (χ4n) is 3.58. The molecule has 1 saturated carbocycles. The van der Waals surface area contributed by atoms with Crippen molar-refractivity contribution in [1.82, 2.24) is 5.32 Å². The topological polar surface area (TPSA) is 15.3 Å². The lowest BCUT2D eigenvalue weighted by atomic mass is 9.83. The second-order valence-electron chi connectivity index (χ2n) is 6.00. The van der Waals surface area contributed by atoms with Crippen LogP contribution in [0, 0.1) is 17.6 Å². The second kappa shape index (κ2) is 6.08. The van der Waals surface area contributed by atoms with Gasteiger partial charge in [-0.15, -0.1) is 0 Å². The zero-order valence-corrected chi connectivity index (χ0v) is 11.7. The van der Waals surface area contributed by atoms with E-state index in [1.54, 1.807) is 0 Å². The van der Waals surface area contributed by atoms with Gasteiger partial charge < -0.3 is 10.2 Å². The normalized spacial score (nSPS) is 24.9. The summed E-state index contributed by atoms with van der Waals surface area (Å²) in [6.07, 6.45) is 6.47. The van der Waals surface area contributed by atoms with Crippen molar-refractivity contribution >= 4 is 5.69 Å². The van der Waals surface area contributed by atoms with E-state index < -0.39 is 0 Å². The minimum absolute atomic E-state index is 0.323. The highest BCUT2D eigenvalue weighted by molar-refractivity contribution is 5.48. The SMILES string of the molecule is Fc1ccc(F)c(N2CCNC(C3CCCCC3)C2)c1. The van der Waals surface area contributed by atoms with Gasteiger partial charge in [-0.05, 0) is 30.9 Å². The monoisotopic (exact) mass is 280 g/mol. The van der Waals surface area contributed by atoms with Gasteiger partial charge in [0.05, 0.1) is 5.69 Å². The van der Waals surface area contributed by atoms with Crippen LogP contribution in [0.5, 0.6) is 0 Å². The molecule has 1 aliphatic heterocycles. The van der Waals surface area contributed by atoms with Crippen LogP contribution in [-0.4, -0.2) is 25.7 Å². The van der Waals surface area contributed by atoms with Gasteiger partial charge in [-0.2, -0.15) is 0 Å². The van der Waals surface area contributed by atoms with Crippen molar-refractivity contribution in [3.8, 4) is 0 Å². The minimum atomic E-state index is -0.367. The molecule has 1 aliphatic carbocycles. The Morgan fingerprint density at radius 1 is 1.10 bits per heavy atom. The van der Waals surface area contributed by atoms with Crippen LogP contribution in [-0.2, 0) is 0 Å². The maximum Gasteiger partial charge on any atom is 0.146 e. The summed E-state index contributed by atoms with van der Waals surface area (Å²) in [6, 6.07) is 4.13. The standard InChI is InChI=1S/C16H22F2N2/c17-13-6-7-14(18)16(10-13)20-9-8-19-15(11-20)12-4-2-1-3-5-12/h6-7,10,12,15,19H,1-5,8-9,11H2. The zero-order valence-electron chi connectivity index (χ0n) is 11.7. The third-order valence-corrected chi connectivity index (χ3v) is 4.67. The molecule has 20 heavy (non-hydrogen) atoms. The van der Waals surface area contributed by atoms with Crippen molar-refractivity contribution < 1.29 is 8.78 Å². The van der Waals surface area contributed by atoms with Crippen molar-refractivity contribution in [3.05, 3.63) is 29.8 Å². The highest BCUT2D eigenvalue weighted by Gasteiger charge is 2.29. The quantitative estimate of drug-likeness (QED) is 0.894. The average Bonchev–Trinajstić information content (AvgIpc) is 2.51. The van der Waals surface area contributed by atoms with E-state index >= 15 is 0 Å². The highest BCUT2D eigenvalue weighted by Crippen LogP contribution is 2.29. The molecule has 2 nitrogen and oxygen atoms in total. The van der Waals surface area contributed by atoms with Crippen LogP contribution in [0.3, 0.4) is 0 Å². The van der Waals surface area contributed by atoms with Crippen LogP contribution >= 0.6 is 0 Å². The summed E-state index contributed by atoms with van der Waals surface area (Å²) in [6.45, 7) is 2.37. The van der Waals surface area contributed by atoms with Gasteiger partial charge in [-0.3, -0.25) is 0 Å². The second-order valence-corrected chi connectivity index (χ2v) is 6.00. The molecule has 1 heterocycles. The molecule has 1 atom stereocenters. The molecular formula is C16H22F2N2. The number of halogens is 2. The van der Waals surface area contributed by atoms with E-state index in [2.05, 4.69) is 5.32 Å². The van der Waals surface area contributed by atoms with Crippen LogP contribution in [0.4, 0.5) is 14.5 Å². The molecule has 0 spiro atoms. The Bertz CT molecular complexity index is 458. The molecular weight excluding hydrogens is 258 g/mol. The number of nitrogens with one attached hydrogen (secondary N) is 1. The predicted molar refractivity (Wildman–Crippen MR) is 76.9 cm³/mol. The number of benzene rings is 1. The van der Waals surface area contributed by atoms with Crippen molar-refractivity contribution in [3.63, 3.8) is 0 Å². The molecule has 4 heteroatoms. The number of piperazine rings is 1. The number of nitrogens with zero attached hydrogens (tertiary/aromatic N) is 1. The zero-order chi connectivity index (χ0) is 13.9. The molecule has 0 bridgehead atoms. The summed E-state index contributed by atoms with van der Waals surface area (Å²) in [7, 11) is 0. The van der Waals surface area contributed by atoms with Crippen molar-refractivity contribution in [2.24, 2.45) is 5.92 Å². The molecule has 2 fully saturated rings. The van der Waals surface area contributed by atoms with Gasteiger partial charge in [-0.1, -0.05) is 19.3 Å². The molecule has 1 aromatic rings. The molecule has 1 saturated heterocycles. The number of anilines is 1. The maximum atomic E-state index is 13.9. The van der Waals surface area contributed by atoms with Crippen molar-refractivity contribution in [1.29, 1.82) is 0 Å². The lowest BCUT2D eigenvalue weighted by Crippen LogP contribution is -2.54. The minimum Gasteiger partial charge on any atom is -0.366 e. The number of hydrogen-bond donors (Lipinski definition) is 1. The van der Waals surface area contributed by atoms with E-state index in [0.29, 0.717) is 17.6 Å². The Morgan fingerprint density at radius 3 is 2.70 bits per heavy atom. The van der Waals surface area contributed by atoms with Gasteiger partial charge in [-0.25, -0.2) is 8.78 Å². The first-order valence-electron chi connectivity index (χ1n) is 7.67. The first kappa shape index (κ1) is 13.8.